The summed E-state index contributed by atoms with van der Waals surface area (Å²) in [6, 6.07) is 1.95. The van der Waals surface area contributed by atoms with Gasteiger partial charge >= 0.3 is 0 Å². The second kappa shape index (κ2) is 5.79. The number of nitrogens with one attached hydrogen (secondary N) is 1. The molecule has 6 nitrogen and oxygen atoms in total. The molecule has 0 amide bonds. The molecule has 1 unspecified atom stereocenters. The van der Waals surface area contributed by atoms with Gasteiger partial charge in [-0.2, -0.15) is 0 Å². The minimum atomic E-state index is 0.220. The smallest absolute Gasteiger partial charge is 0.158 e. The third kappa shape index (κ3) is 2.84. The molecule has 7 heteroatoms. The molecule has 2 aromatic heterocycles. The maximum atomic E-state index is 5.61. The van der Waals surface area contributed by atoms with Gasteiger partial charge in [0.2, 0.25) is 0 Å². The van der Waals surface area contributed by atoms with Gasteiger partial charge in [0, 0.05) is 6.61 Å². The molecule has 0 aromatic carbocycles. The van der Waals surface area contributed by atoms with Crippen LogP contribution in [0.4, 0.5) is 5.82 Å². The molecule has 0 aliphatic carbocycles. The zero-order valence-electron chi connectivity index (χ0n) is 10.5. The number of aromatic nitrogens is 2. The highest BCUT2D eigenvalue weighted by Gasteiger charge is 2.16. The first kappa shape index (κ1) is 12.7. The summed E-state index contributed by atoms with van der Waals surface area (Å²) >= 11 is 1.56. The Morgan fingerprint density at radius 3 is 3.26 bits per heavy atom. The summed E-state index contributed by atoms with van der Waals surface area (Å²) in [4.78, 5) is 9.72. The van der Waals surface area contributed by atoms with E-state index in [1.165, 1.54) is 0 Å². The van der Waals surface area contributed by atoms with Crippen molar-refractivity contribution in [3.8, 4) is 0 Å². The van der Waals surface area contributed by atoms with E-state index in [-0.39, 0.29) is 6.10 Å². The van der Waals surface area contributed by atoms with E-state index in [1.54, 1.807) is 11.3 Å². The first-order valence-electron chi connectivity index (χ1n) is 6.27. The minimum absolute atomic E-state index is 0.220. The lowest BCUT2D eigenvalue weighted by Crippen LogP contribution is -2.15. The highest BCUT2D eigenvalue weighted by Crippen LogP contribution is 2.24. The standard InChI is InChI=1S/C12H16N4O2S/c13-16-11-9-3-5-19-12(9)15-10(14-11)7-17-6-8-2-1-4-18-8/h3,5,8H,1-2,4,6-7,13H2,(H,14,15,16). The predicted molar refractivity (Wildman–Crippen MR) is 73.9 cm³/mol. The van der Waals surface area contributed by atoms with Crippen LogP contribution in [0.5, 0.6) is 0 Å². The number of hydrogen-bond acceptors (Lipinski definition) is 7. The second-order valence-corrected chi connectivity index (χ2v) is 5.32. The third-order valence-electron chi connectivity index (χ3n) is 3.07. The highest BCUT2D eigenvalue weighted by atomic mass is 32.1. The zero-order valence-corrected chi connectivity index (χ0v) is 11.3. The molecule has 1 saturated heterocycles. The predicted octanol–water partition coefficient (Wildman–Crippen LogP) is 1.67. The molecule has 3 N–H and O–H groups in total. The van der Waals surface area contributed by atoms with Crippen LogP contribution in [0.1, 0.15) is 18.7 Å². The molecule has 3 heterocycles. The number of nitrogens with two attached hydrogens (primary N) is 1. The molecule has 2 aromatic rings. The number of nitrogen functional groups attached to an aromatic ring is 1. The summed E-state index contributed by atoms with van der Waals surface area (Å²) in [5.41, 5.74) is 2.60. The number of thiophene rings is 1. The van der Waals surface area contributed by atoms with Crippen molar-refractivity contribution >= 4 is 27.4 Å². The number of fused-ring (bicyclic) bond motifs is 1. The van der Waals surface area contributed by atoms with Crippen LogP contribution in [-0.4, -0.2) is 29.3 Å². The molecular weight excluding hydrogens is 264 g/mol. The van der Waals surface area contributed by atoms with E-state index in [2.05, 4.69) is 15.4 Å². The quantitative estimate of drug-likeness (QED) is 0.640. The summed E-state index contributed by atoms with van der Waals surface area (Å²) in [6.07, 6.45) is 2.41. The molecule has 19 heavy (non-hydrogen) atoms. The fourth-order valence-electron chi connectivity index (χ4n) is 2.13. The first-order chi connectivity index (χ1) is 9.36. The Kier molecular flexibility index (Phi) is 3.88. The van der Waals surface area contributed by atoms with Crippen molar-refractivity contribution in [2.75, 3.05) is 18.6 Å². The maximum absolute atomic E-state index is 5.61. The van der Waals surface area contributed by atoms with E-state index in [9.17, 15) is 0 Å². The van der Waals surface area contributed by atoms with Gasteiger partial charge < -0.3 is 14.9 Å². The van der Waals surface area contributed by atoms with Gasteiger partial charge in [-0.1, -0.05) is 0 Å². The number of anilines is 1. The summed E-state index contributed by atoms with van der Waals surface area (Å²) in [5, 5.41) is 2.91. The molecule has 1 aliphatic rings. The van der Waals surface area contributed by atoms with Crippen LogP contribution in [0.25, 0.3) is 10.2 Å². The van der Waals surface area contributed by atoms with Crippen molar-refractivity contribution in [2.24, 2.45) is 5.84 Å². The lowest BCUT2D eigenvalue weighted by atomic mass is 10.2. The van der Waals surface area contributed by atoms with Crippen LogP contribution >= 0.6 is 11.3 Å². The van der Waals surface area contributed by atoms with Gasteiger partial charge in [-0.3, -0.25) is 0 Å². The molecular formula is C12H16N4O2S. The lowest BCUT2D eigenvalue weighted by molar-refractivity contribution is 0.00875. The van der Waals surface area contributed by atoms with Gasteiger partial charge in [-0.25, -0.2) is 15.8 Å². The Labute approximate surface area is 114 Å². The number of nitrogens with zero attached hydrogens (tertiary/aromatic N) is 2. The SMILES string of the molecule is NNc1nc(COCC2CCCO2)nc2sccc12. The summed E-state index contributed by atoms with van der Waals surface area (Å²) in [7, 11) is 0. The molecule has 102 valence electrons. The van der Waals surface area contributed by atoms with E-state index in [1.807, 2.05) is 11.4 Å². The Morgan fingerprint density at radius 1 is 1.53 bits per heavy atom. The molecule has 0 bridgehead atoms. The number of hydrazine groups is 1. The van der Waals surface area contributed by atoms with Crippen LogP contribution in [0.15, 0.2) is 11.4 Å². The van der Waals surface area contributed by atoms with Gasteiger partial charge in [-0.05, 0) is 24.3 Å². The largest absolute Gasteiger partial charge is 0.376 e. The minimum Gasteiger partial charge on any atom is -0.376 e. The highest BCUT2D eigenvalue weighted by molar-refractivity contribution is 7.16. The van der Waals surface area contributed by atoms with Gasteiger partial charge in [-0.15, -0.1) is 11.3 Å². The summed E-state index contributed by atoms with van der Waals surface area (Å²) in [6.45, 7) is 1.81. The van der Waals surface area contributed by atoms with E-state index in [0.29, 0.717) is 24.9 Å². The van der Waals surface area contributed by atoms with E-state index < -0.39 is 0 Å². The van der Waals surface area contributed by atoms with Gasteiger partial charge in [0.05, 0.1) is 18.1 Å². The number of ether oxygens (including phenoxy) is 2. The molecule has 0 spiro atoms. The number of hydrogen-bond donors (Lipinski definition) is 2. The van der Waals surface area contributed by atoms with Crippen molar-refractivity contribution in [2.45, 2.75) is 25.6 Å². The Balaban J connectivity index is 1.66. The van der Waals surface area contributed by atoms with E-state index in [0.717, 1.165) is 29.7 Å². The van der Waals surface area contributed by atoms with Crippen LogP contribution in [-0.2, 0) is 16.1 Å². The Hall–Kier alpha value is -1.28. The van der Waals surface area contributed by atoms with Crippen molar-refractivity contribution in [3.63, 3.8) is 0 Å². The maximum Gasteiger partial charge on any atom is 0.158 e. The van der Waals surface area contributed by atoms with Crippen molar-refractivity contribution in [1.82, 2.24) is 9.97 Å². The topological polar surface area (TPSA) is 82.3 Å². The van der Waals surface area contributed by atoms with E-state index in [4.69, 9.17) is 15.3 Å². The van der Waals surface area contributed by atoms with Crippen molar-refractivity contribution in [3.05, 3.63) is 17.3 Å². The van der Waals surface area contributed by atoms with Crippen LogP contribution in [0.2, 0.25) is 0 Å². The molecule has 0 saturated carbocycles. The third-order valence-corrected chi connectivity index (χ3v) is 3.87. The summed E-state index contributed by atoms with van der Waals surface area (Å²) in [5.74, 6) is 6.76. The van der Waals surface area contributed by atoms with Crippen LogP contribution in [0, 0.1) is 0 Å². The normalized spacial score (nSPS) is 19.1. The van der Waals surface area contributed by atoms with Crippen LogP contribution < -0.4 is 11.3 Å². The average molecular weight is 280 g/mol. The Morgan fingerprint density at radius 2 is 2.47 bits per heavy atom. The first-order valence-corrected chi connectivity index (χ1v) is 7.15. The molecule has 0 radical (unpaired) electrons. The Bertz CT molecular complexity index is 554. The lowest BCUT2D eigenvalue weighted by Gasteiger charge is -2.10. The zero-order chi connectivity index (χ0) is 13.1. The van der Waals surface area contributed by atoms with Gasteiger partial charge in [0.15, 0.2) is 11.6 Å². The molecule has 1 aliphatic heterocycles. The van der Waals surface area contributed by atoms with Crippen LogP contribution in [0.3, 0.4) is 0 Å². The fraction of sp³-hybridized carbons (Fsp3) is 0.500. The van der Waals surface area contributed by atoms with Crippen molar-refractivity contribution in [1.29, 1.82) is 0 Å². The van der Waals surface area contributed by atoms with Gasteiger partial charge in [0.1, 0.15) is 11.4 Å². The molecule has 1 atom stereocenters. The van der Waals surface area contributed by atoms with Gasteiger partial charge in [0.25, 0.3) is 0 Å². The summed E-state index contributed by atoms with van der Waals surface area (Å²) < 4.78 is 11.1. The fourth-order valence-corrected chi connectivity index (χ4v) is 2.91. The second-order valence-electron chi connectivity index (χ2n) is 4.42. The van der Waals surface area contributed by atoms with E-state index >= 15 is 0 Å². The number of rotatable bonds is 5. The molecule has 3 rings (SSSR count). The molecule has 1 fully saturated rings. The monoisotopic (exact) mass is 280 g/mol. The average Bonchev–Trinajstić information content (AvgIpc) is 3.08. The van der Waals surface area contributed by atoms with Crippen molar-refractivity contribution < 1.29 is 9.47 Å².